The molecule has 0 bridgehead atoms. The van der Waals surface area contributed by atoms with Crippen LogP contribution in [0, 0.1) is 12.8 Å². The summed E-state index contributed by atoms with van der Waals surface area (Å²) in [4.78, 5) is 7.39. The number of nitrogens with zero attached hydrogens (tertiary/aromatic N) is 2. The lowest BCUT2D eigenvalue weighted by atomic mass is 9.85. The molecule has 0 spiro atoms. The number of fused-ring (bicyclic) bond motifs is 1. The number of aryl methyl sites for hydroxylation is 1. The number of pyridine rings is 1. The molecule has 2 aliphatic rings. The van der Waals surface area contributed by atoms with Crippen molar-refractivity contribution < 1.29 is 0 Å². The molecule has 0 amide bonds. The molecule has 3 nitrogen and oxygen atoms in total. The summed E-state index contributed by atoms with van der Waals surface area (Å²) in [5.41, 5.74) is 8.67. The number of rotatable bonds is 4. The Morgan fingerprint density at radius 3 is 2.90 bits per heavy atom. The fraction of sp³-hybridized carbons (Fsp3) is 0.722. The molecule has 21 heavy (non-hydrogen) atoms. The first-order chi connectivity index (χ1) is 10.2. The second-order valence-corrected chi connectivity index (χ2v) is 6.95. The molecule has 1 aromatic rings. The van der Waals surface area contributed by atoms with Crippen molar-refractivity contribution in [3.8, 4) is 0 Å². The van der Waals surface area contributed by atoms with E-state index in [1.54, 1.807) is 0 Å². The fourth-order valence-electron chi connectivity index (χ4n) is 4.15. The van der Waals surface area contributed by atoms with Gasteiger partial charge in [0, 0.05) is 24.8 Å². The van der Waals surface area contributed by atoms with Crippen molar-refractivity contribution in [3.63, 3.8) is 0 Å². The Balaban J connectivity index is 1.76. The van der Waals surface area contributed by atoms with Crippen molar-refractivity contribution in [3.05, 3.63) is 23.4 Å². The van der Waals surface area contributed by atoms with Crippen LogP contribution in [0.2, 0.25) is 0 Å². The van der Waals surface area contributed by atoms with Crippen molar-refractivity contribution in [1.29, 1.82) is 0 Å². The zero-order valence-corrected chi connectivity index (χ0v) is 13.5. The highest BCUT2D eigenvalue weighted by atomic mass is 15.2. The third kappa shape index (κ3) is 3.08. The molecule has 1 aromatic heterocycles. The maximum Gasteiger partial charge on any atom is 0.131 e. The maximum absolute atomic E-state index is 6.06. The van der Waals surface area contributed by atoms with E-state index in [0.717, 1.165) is 24.8 Å². The highest BCUT2D eigenvalue weighted by Gasteiger charge is 2.36. The Labute approximate surface area is 128 Å². The van der Waals surface area contributed by atoms with Gasteiger partial charge in [-0.1, -0.05) is 25.8 Å². The minimum absolute atomic E-state index is 0.256. The number of hydrogen-bond donors (Lipinski definition) is 1. The van der Waals surface area contributed by atoms with Gasteiger partial charge in [0.05, 0.1) is 0 Å². The van der Waals surface area contributed by atoms with E-state index in [4.69, 9.17) is 10.7 Å². The Bertz CT molecular complexity index is 485. The SMILES string of the molecule is CCC(N)Cc1cnc(N2CCC3CCCCC32)c(C)c1. The normalized spacial score (nSPS) is 26.7. The van der Waals surface area contributed by atoms with Gasteiger partial charge in [0.2, 0.25) is 0 Å². The topological polar surface area (TPSA) is 42.1 Å². The van der Waals surface area contributed by atoms with E-state index < -0.39 is 0 Å². The van der Waals surface area contributed by atoms with Crippen molar-refractivity contribution in [1.82, 2.24) is 4.98 Å². The molecule has 2 fully saturated rings. The third-order valence-corrected chi connectivity index (χ3v) is 5.41. The van der Waals surface area contributed by atoms with Crippen LogP contribution < -0.4 is 10.6 Å². The number of anilines is 1. The van der Waals surface area contributed by atoms with Gasteiger partial charge in [0.15, 0.2) is 0 Å². The first-order valence-electron chi connectivity index (χ1n) is 8.66. The molecular weight excluding hydrogens is 258 g/mol. The van der Waals surface area contributed by atoms with Crippen LogP contribution >= 0.6 is 0 Å². The summed E-state index contributed by atoms with van der Waals surface area (Å²) in [7, 11) is 0. The summed E-state index contributed by atoms with van der Waals surface area (Å²) in [6.45, 7) is 5.54. The molecule has 3 unspecified atom stereocenters. The van der Waals surface area contributed by atoms with Crippen LogP contribution in [0.3, 0.4) is 0 Å². The van der Waals surface area contributed by atoms with Gasteiger partial charge in [0.1, 0.15) is 5.82 Å². The van der Waals surface area contributed by atoms with Crippen molar-refractivity contribution in [2.75, 3.05) is 11.4 Å². The van der Waals surface area contributed by atoms with Crippen LogP contribution in [0.1, 0.15) is 56.6 Å². The Morgan fingerprint density at radius 1 is 1.33 bits per heavy atom. The van der Waals surface area contributed by atoms with E-state index in [9.17, 15) is 0 Å². The predicted octanol–water partition coefficient (Wildman–Crippen LogP) is 3.44. The van der Waals surface area contributed by atoms with Crippen LogP contribution in [-0.4, -0.2) is 23.6 Å². The monoisotopic (exact) mass is 287 g/mol. The minimum Gasteiger partial charge on any atom is -0.353 e. The molecule has 2 N–H and O–H groups in total. The fourth-order valence-corrected chi connectivity index (χ4v) is 4.15. The van der Waals surface area contributed by atoms with Gasteiger partial charge < -0.3 is 10.6 Å². The molecule has 1 saturated carbocycles. The summed E-state index contributed by atoms with van der Waals surface area (Å²) in [5.74, 6) is 2.13. The smallest absolute Gasteiger partial charge is 0.131 e. The van der Waals surface area contributed by atoms with Gasteiger partial charge in [-0.25, -0.2) is 4.98 Å². The molecule has 3 heteroatoms. The average Bonchev–Trinajstić information content (AvgIpc) is 2.91. The van der Waals surface area contributed by atoms with Crippen molar-refractivity contribution in [2.45, 2.75) is 70.9 Å². The van der Waals surface area contributed by atoms with Crippen LogP contribution in [0.4, 0.5) is 5.82 Å². The molecule has 3 rings (SSSR count). The van der Waals surface area contributed by atoms with Gasteiger partial charge in [-0.05, 0) is 56.1 Å². The summed E-state index contributed by atoms with van der Waals surface area (Å²) in [6, 6.07) is 3.30. The second-order valence-electron chi connectivity index (χ2n) is 6.95. The maximum atomic E-state index is 6.06. The largest absolute Gasteiger partial charge is 0.353 e. The molecule has 1 saturated heterocycles. The van der Waals surface area contributed by atoms with Crippen LogP contribution in [0.25, 0.3) is 0 Å². The zero-order valence-electron chi connectivity index (χ0n) is 13.5. The molecule has 0 aromatic carbocycles. The van der Waals surface area contributed by atoms with Gasteiger partial charge in [0.25, 0.3) is 0 Å². The summed E-state index contributed by atoms with van der Waals surface area (Å²) in [6.07, 6.45) is 11.0. The standard InChI is InChI=1S/C18H29N3/c1-3-16(19)11-14-10-13(2)18(20-12-14)21-9-8-15-6-4-5-7-17(15)21/h10,12,15-17H,3-9,11,19H2,1-2H3. The van der Waals surface area contributed by atoms with Crippen LogP contribution in [0.5, 0.6) is 0 Å². The van der Waals surface area contributed by atoms with Crippen molar-refractivity contribution in [2.24, 2.45) is 11.7 Å². The van der Waals surface area contributed by atoms with Gasteiger partial charge in [-0.3, -0.25) is 0 Å². The zero-order chi connectivity index (χ0) is 14.8. The lowest BCUT2D eigenvalue weighted by Crippen LogP contribution is -2.35. The Kier molecular flexibility index (Phi) is 4.48. The van der Waals surface area contributed by atoms with E-state index in [-0.39, 0.29) is 6.04 Å². The minimum atomic E-state index is 0.256. The van der Waals surface area contributed by atoms with E-state index in [1.807, 2.05) is 6.20 Å². The third-order valence-electron chi connectivity index (χ3n) is 5.41. The molecule has 116 valence electrons. The lowest BCUT2D eigenvalue weighted by Gasteiger charge is -2.33. The Hall–Kier alpha value is -1.09. The van der Waals surface area contributed by atoms with E-state index >= 15 is 0 Å². The Morgan fingerprint density at radius 2 is 2.14 bits per heavy atom. The van der Waals surface area contributed by atoms with Crippen LogP contribution in [0.15, 0.2) is 12.3 Å². The summed E-state index contributed by atoms with van der Waals surface area (Å²) < 4.78 is 0. The number of nitrogens with two attached hydrogens (primary N) is 1. The molecule has 1 aliphatic carbocycles. The molecule has 3 atom stereocenters. The quantitative estimate of drug-likeness (QED) is 0.922. The van der Waals surface area contributed by atoms with E-state index in [2.05, 4.69) is 24.8 Å². The van der Waals surface area contributed by atoms with Crippen molar-refractivity contribution >= 4 is 5.82 Å². The molecule has 0 radical (unpaired) electrons. The lowest BCUT2D eigenvalue weighted by molar-refractivity contribution is 0.341. The van der Waals surface area contributed by atoms with Gasteiger partial charge in [-0.15, -0.1) is 0 Å². The number of hydrogen-bond acceptors (Lipinski definition) is 3. The average molecular weight is 287 g/mol. The number of aromatic nitrogens is 1. The highest BCUT2D eigenvalue weighted by Crippen LogP contribution is 2.39. The molecular formula is C18H29N3. The predicted molar refractivity (Wildman–Crippen MR) is 88.7 cm³/mol. The summed E-state index contributed by atoms with van der Waals surface area (Å²) >= 11 is 0. The van der Waals surface area contributed by atoms with E-state index in [0.29, 0.717) is 0 Å². The first kappa shape index (κ1) is 14.8. The van der Waals surface area contributed by atoms with Gasteiger partial charge >= 0.3 is 0 Å². The summed E-state index contributed by atoms with van der Waals surface area (Å²) in [5, 5.41) is 0. The van der Waals surface area contributed by atoms with Crippen LogP contribution in [-0.2, 0) is 6.42 Å². The second kappa shape index (κ2) is 6.35. The van der Waals surface area contributed by atoms with Gasteiger partial charge in [-0.2, -0.15) is 0 Å². The first-order valence-corrected chi connectivity index (χ1v) is 8.66. The van der Waals surface area contributed by atoms with E-state index in [1.165, 1.54) is 55.6 Å². The molecule has 1 aliphatic heterocycles. The molecule has 2 heterocycles. The highest BCUT2D eigenvalue weighted by molar-refractivity contribution is 5.49.